The van der Waals surface area contributed by atoms with Crippen LogP contribution in [0.25, 0.3) is 0 Å². The summed E-state index contributed by atoms with van der Waals surface area (Å²) in [5, 5.41) is 10.1. The third-order valence-corrected chi connectivity index (χ3v) is 5.58. The fraction of sp³-hybridized carbons (Fsp3) is 0.933. The average molecular weight is 252 g/mol. The van der Waals surface area contributed by atoms with Crippen LogP contribution in [0.3, 0.4) is 0 Å². The van der Waals surface area contributed by atoms with Crippen molar-refractivity contribution in [3.8, 4) is 0 Å². The second-order valence-corrected chi connectivity index (χ2v) is 6.68. The average Bonchev–Trinajstić information content (AvgIpc) is 2.35. The first-order valence-corrected chi connectivity index (χ1v) is 7.48. The van der Waals surface area contributed by atoms with Crippen molar-refractivity contribution in [2.24, 2.45) is 29.6 Å². The Bertz CT molecular complexity index is 309. The zero-order valence-corrected chi connectivity index (χ0v) is 11.3. The topological polar surface area (TPSA) is 46.5 Å². The van der Waals surface area contributed by atoms with Crippen LogP contribution >= 0.6 is 0 Å². The van der Waals surface area contributed by atoms with Gasteiger partial charge in [0.15, 0.2) is 0 Å². The minimum atomic E-state index is -0.0799. The predicted octanol–water partition coefficient (Wildman–Crippen LogP) is 2.37. The second-order valence-electron chi connectivity index (χ2n) is 6.68. The van der Waals surface area contributed by atoms with Crippen molar-refractivity contribution in [3.63, 3.8) is 0 Å². The highest BCUT2D eigenvalue weighted by molar-refractivity contribution is 5.72. The molecule has 0 aromatic rings. The van der Waals surface area contributed by atoms with Crippen LogP contribution < -0.4 is 0 Å². The third-order valence-electron chi connectivity index (χ3n) is 5.58. The number of rotatable bonds is 3. The Hall–Kier alpha value is -0.570. The van der Waals surface area contributed by atoms with Gasteiger partial charge in [0.05, 0.1) is 12.0 Å². The molecular formula is C15H24O3. The van der Waals surface area contributed by atoms with E-state index >= 15 is 0 Å². The minimum absolute atomic E-state index is 0.0180. The molecule has 4 saturated carbocycles. The lowest BCUT2D eigenvalue weighted by Gasteiger charge is -2.55. The van der Waals surface area contributed by atoms with Gasteiger partial charge in [0.1, 0.15) is 6.10 Å². The van der Waals surface area contributed by atoms with Crippen LogP contribution in [0.2, 0.25) is 0 Å². The zero-order valence-electron chi connectivity index (χ0n) is 11.3. The number of aliphatic hydroxyl groups is 1. The number of hydrogen-bond donors (Lipinski definition) is 1. The number of esters is 1. The smallest absolute Gasteiger partial charge is 0.308 e. The lowest BCUT2D eigenvalue weighted by molar-refractivity contribution is -0.188. The number of aliphatic hydroxyl groups excluding tert-OH is 1. The fourth-order valence-electron chi connectivity index (χ4n) is 4.41. The highest BCUT2D eigenvalue weighted by Crippen LogP contribution is 2.54. The highest BCUT2D eigenvalue weighted by atomic mass is 16.5. The summed E-state index contributed by atoms with van der Waals surface area (Å²) in [6.45, 7) is 3.97. The van der Waals surface area contributed by atoms with E-state index in [1.54, 1.807) is 0 Å². The van der Waals surface area contributed by atoms with Gasteiger partial charge >= 0.3 is 5.97 Å². The van der Waals surface area contributed by atoms with Crippen molar-refractivity contribution in [1.82, 2.24) is 0 Å². The van der Waals surface area contributed by atoms with Gasteiger partial charge in [0, 0.05) is 0 Å². The van der Waals surface area contributed by atoms with Crippen LogP contribution in [0.4, 0.5) is 0 Å². The molecule has 0 amide bonds. The molecule has 1 N–H and O–H groups in total. The Morgan fingerprint density at radius 2 is 1.67 bits per heavy atom. The predicted molar refractivity (Wildman–Crippen MR) is 67.8 cm³/mol. The first kappa shape index (κ1) is 12.5. The molecule has 0 heterocycles. The normalized spacial score (nSPS) is 47.1. The molecule has 3 nitrogen and oxygen atoms in total. The van der Waals surface area contributed by atoms with Crippen molar-refractivity contribution in [3.05, 3.63) is 0 Å². The molecule has 0 spiro atoms. The lowest BCUT2D eigenvalue weighted by Crippen LogP contribution is -2.56. The van der Waals surface area contributed by atoms with Gasteiger partial charge in [-0.15, -0.1) is 0 Å². The van der Waals surface area contributed by atoms with E-state index in [2.05, 4.69) is 0 Å². The van der Waals surface area contributed by atoms with E-state index in [1.165, 1.54) is 0 Å². The number of ether oxygens (including phenoxy) is 1. The maximum absolute atomic E-state index is 12.0. The standard InChI is InChI=1S/C15H24O3/c1-3-8(2)15(17)18-14-11-4-9-5-12(14)7-10(6-11)13(9)16/h8-14,16H,3-7H2,1-2H3. The van der Waals surface area contributed by atoms with Crippen LogP contribution in [0.15, 0.2) is 0 Å². The molecule has 4 aliphatic rings. The molecule has 1 atom stereocenters. The summed E-state index contributed by atoms with van der Waals surface area (Å²) in [6.07, 6.45) is 5.17. The van der Waals surface area contributed by atoms with E-state index < -0.39 is 0 Å². The summed E-state index contributed by atoms with van der Waals surface area (Å²) in [5.74, 6) is 1.99. The maximum Gasteiger partial charge on any atom is 0.308 e. The van der Waals surface area contributed by atoms with Crippen LogP contribution in [0.5, 0.6) is 0 Å². The van der Waals surface area contributed by atoms with E-state index in [9.17, 15) is 9.90 Å². The SMILES string of the molecule is CCC(C)C(=O)OC1C2CC3CC1CC(C2)C3O. The first-order chi connectivity index (χ1) is 8.60. The number of carbonyl (C=O) groups excluding carboxylic acids is 1. The molecule has 0 saturated heterocycles. The number of carbonyl (C=O) groups is 1. The van der Waals surface area contributed by atoms with Crippen molar-refractivity contribution < 1.29 is 14.6 Å². The summed E-state index contributed by atoms with van der Waals surface area (Å²) in [5.41, 5.74) is 0. The Balaban J connectivity index is 1.67. The van der Waals surface area contributed by atoms with Gasteiger partial charge in [-0.25, -0.2) is 0 Å². The van der Waals surface area contributed by atoms with E-state index in [4.69, 9.17) is 4.74 Å². The van der Waals surface area contributed by atoms with Crippen LogP contribution in [-0.4, -0.2) is 23.3 Å². The molecule has 4 bridgehead atoms. The molecule has 4 rings (SSSR count). The number of hydrogen-bond acceptors (Lipinski definition) is 3. The maximum atomic E-state index is 12.0. The molecule has 0 radical (unpaired) electrons. The summed E-state index contributed by atoms with van der Waals surface area (Å²) in [4.78, 5) is 12.0. The molecule has 1 unspecified atom stereocenters. The quantitative estimate of drug-likeness (QED) is 0.784. The molecule has 0 aromatic carbocycles. The third kappa shape index (κ3) is 1.87. The van der Waals surface area contributed by atoms with Gasteiger partial charge < -0.3 is 9.84 Å². The Kier molecular flexibility index (Phi) is 3.13. The van der Waals surface area contributed by atoms with E-state index in [-0.39, 0.29) is 24.1 Å². The molecule has 102 valence electrons. The summed E-state index contributed by atoms with van der Waals surface area (Å²) in [6, 6.07) is 0. The monoisotopic (exact) mass is 252 g/mol. The summed E-state index contributed by atoms with van der Waals surface area (Å²) < 4.78 is 5.79. The molecule has 3 heteroatoms. The molecular weight excluding hydrogens is 228 g/mol. The molecule has 0 aliphatic heterocycles. The molecule has 4 fully saturated rings. The minimum Gasteiger partial charge on any atom is -0.462 e. The largest absolute Gasteiger partial charge is 0.462 e. The van der Waals surface area contributed by atoms with E-state index in [0.29, 0.717) is 23.7 Å². The molecule has 0 aromatic heterocycles. The van der Waals surface area contributed by atoms with Gasteiger partial charge in [-0.05, 0) is 55.8 Å². The van der Waals surface area contributed by atoms with Gasteiger partial charge in [0.25, 0.3) is 0 Å². The molecule has 18 heavy (non-hydrogen) atoms. The van der Waals surface area contributed by atoms with Crippen LogP contribution in [-0.2, 0) is 9.53 Å². The Morgan fingerprint density at radius 3 is 2.11 bits per heavy atom. The van der Waals surface area contributed by atoms with Crippen molar-refractivity contribution in [1.29, 1.82) is 0 Å². The summed E-state index contributed by atoms with van der Waals surface area (Å²) >= 11 is 0. The van der Waals surface area contributed by atoms with Gasteiger partial charge in [-0.1, -0.05) is 13.8 Å². The molecule has 4 aliphatic carbocycles. The Morgan fingerprint density at radius 1 is 1.17 bits per heavy atom. The van der Waals surface area contributed by atoms with E-state index in [1.807, 2.05) is 13.8 Å². The van der Waals surface area contributed by atoms with Gasteiger partial charge in [-0.3, -0.25) is 4.79 Å². The lowest BCUT2D eigenvalue weighted by atomic mass is 9.53. The summed E-state index contributed by atoms with van der Waals surface area (Å²) in [7, 11) is 0. The van der Waals surface area contributed by atoms with Crippen molar-refractivity contribution >= 4 is 5.97 Å². The fourth-order valence-corrected chi connectivity index (χ4v) is 4.41. The zero-order chi connectivity index (χ0) is 12.9. The Labute approximate surface area is 109 Å². The first-order valence-electron chi connectivity index (χ1n) is 7.48. The van der Waals surface area contributed by atoms with Crippen molar-refractivity contribution in [2.75, 3.05) is 0 Å². The van der Waals surface area contributed by atoms with Gasteiger partial charge in [-0.2, -0.15) is 0 Å². The second kappa shape index (κ2) is 4.52. The van der Waals surface area contributed by atoms with Crippen LogP contribution in [0, 0.1) is 29.6 Å². The van der Waals surface area contributed by atoms with Crippen LogP contribution in [0.1, 0.15) is 46.0 Å². The van der Waals surface area contributed by atoms with Crippen molar-refractivity contribution in [2.45, 2.75) is 58.2 Å². The van der Waals surface area contributed by atoms with E-state index in [0.717, 1.165) is 32.1 Å². The highest BCUT2D eigenvalue weighted by Gasteiger charge is 2.54. The van der Waals surface area contributed by atoms with Gasteiger partial charge in [0.2, 0.25) is 0 Å².